The summed E-state index contributed by atoms with van der Waals surface area (Å²) in [6.07, 6.45) is 9.25. The number of rotatable bonds is 7. The molecule has 0 atom stereocenters. The van der Waals surface area contributed by atoms with Gasteiger partial charge in [0.1, 0.15) is 5.82 Å². The number of nitrogens with zero attached hydrogens (tertiary/aromatic N) is 2. The fourth-order valence-corrected chi connectivity index (χ4v) is 2.46. The SMILES string of the molecule is Nc1ncccc1NC(=O)c1ccc(C=CCNCc2cccnc2)cc1. The van der Waals surface area contributed by atoms with Crippen molar-refractivity contribution in [2.45, 2.75) is 6.54 Å². The minimum absolute atomic E-state index is 0.219. The van der Waals surface area contributed by atoms with Crippen LogP contribution in [0.4, 0.5) is 11.5 Å². The first kappa shape index (κ1) is 18.3. The van der Waals surface area contributed by atoms with E-state index in [1.165, 1.54) is 0 Å². The molecule has 0 bridgehead atoms. The highest BCUT2D eigenvalue weighted by atomic mass is 16.1. The maximum absolute atomic E-state index is 12.3. The van der Waals surface area contributed by atoms with Gasteiger partial charge in [0.05, 0.1) is 5.69 Å². The Kier molecular flexibility index (Phi) is 6.27. The Balaban J connectivity index is 1.49. The molecule has 0 spiro atoms. The van der Waals surface area contributed by atoms with Gasteiger partial charge in [-0.25, -0.2) is 4.98 Å². The molecule has 0 fully saturated rings. The molecule has 136 valence electrons. The summed E-state index contributed by atoms with van der Waals surface area (Å²) in [4.78, 5) is 20.3. The van der Waals surface area contributed by atoms with Crippen molar-refractivity contribution in [1.29, 1.82) is 0 Å². The van der Waals surface area contributed by atoms with E-state index in [1.807, 2.05) is 42.6 Å². The minimum atomic E-state index is -0.219. The zero-order valence-corrected chi connectivity index (χ0v) is 14.8. The van der Waals surface area contributed by atoms with E-state index in [-0.39, 0.29) is 5.91 Å². The number of amides is 1. The lowest BCUT2D eigenvalue weighted by atomic mass is 10.1. The average Bonchev–Trinajstić information content (AvgIpc) is 2.71. The largest absolute Gasteiger partial charge is 0.382 e. The number of benzene rings is 1. The summed E-state index contributed by atoms with van der Waals surface area (Å²) >= 11 is 0. The molecular weight excluding hydrogens is 338 g/mol. The van der Waals surface area contributed by atoms with Crippen LogP contribution < -0.4 is 16.4 Å². The normalized spacial score (nSPS) is 10.8. The summed E-state index contributed by atoms with van der Waals surface area (Å²) in [6, 6.07) is 14.8. The third-order valence-electron chi connectivity index (χ3n) is 3.88. The lowest BCUT2D eigenvalue weighted by Gasteiger charge is -2.07. The smallest absolute Gasteiger partial charge is 0.255 e. The Hall–Kier alpha value is -3.51. The zero-order valence-electron chi connectivity index (χ0n) is 14.8. The maximum Gasteiger partial charge on any atom is 0.255 e. The third-order valence-corrected chi connectivity index (χ3v) is 3.88. The second-order valence-corrected chi connectivity index (χ2v) is 5.91. The monoisotopic (exact) mass is 359 g/mol. The highest BCUT2D eigenvalue weighted by Gasteiger charge is 2.07. The molecule has 0 aliphatic carbocycles. The number of hydrogen-bond donors (Lipinski definition) is 3. The van der Waals surface area contributed by atoms with Crippen molar-refractivity contribution in [2.75, 3.05) is 17.6 Å². The quantitative estimate of drug-likeness (QED) is 0.564. The summed E-state index contributed by atoms with van der Waals surface area (Å²) in [5.41, 5.74) is 8.98. The molecule has 2 aromatic heterocycles. The summed E-state index contributed by atoms with van der Waals surface area (Å²) in [6.45, 7) is 1.52. The van der Waals surface area contributed by atoms with Gasteiger partial charge in [0, 0.05) is 37.2 Å². The van der Waals surface area contributed by atoms with Crippen LogP contribution in [-0.4, -0.2) is 22.4 Å². The van der Waals surface area contributed by atoms with Crippen LogP contribution in [0.25, 0.3) is 6.08 Å². The van der Waals surface area contributed by atoms with Crippen molar-refractivity contribution in [3.8, 4) is 0 Å². The molecule has 6 heteroatoms. The zero-order chi connectivity index (χ0) is 18.9. The molecule has 0 saturated heterocycles. The number of hydrogen-bond acceptors (Lipinski definition) is 5. The highest BCUT2D eigenvalue weighted by molar-refractivity contribution is 6.05. The number of anilines is 2. The van der Waals surface area contributed by atoms with E-state index >= 15 is 0 Å². The number of nitrogen functional groups attached to an aromatic ring is 1. The van der Waals surface area contributed by atoms with Gasteiger partial charge in [0.2, 0.25) is 0 Å². The topological polar surface area (TPSA) is 92.9 Å². The number of aromatic nitrogens is 2. The number of pyridine rings is 2. The molecule has 0 aliphatic heterocycles. The number of nitrogens with two attached hydrogens (primary N) is 1. The lowest BCUT2D eigenvalue weighted by Crippen LogP contribution is -2.13. The Morgan fingerprint density at radius 1 is 1.07 bits per heavy atom. The summed E-state index contributed by atoms with van der Waals surface area (Å²) < 4.78 is 0. The van der Waals surface area contributed by atoms with E-state index in [9.17, 15) is 4.79 Å². The first-order valence-electron chi connectivity index (χ1n) is 8.60. The standard InChI is InChI=1S/C21H21N5O/c22-20-19(6-3-13-25-20)26-21(27)18-9-7-16(8-10-18)4-1-11-23-14-17-5-2-12-24-15-17/h1-10,12-13,15,23H,11,14H2,(H2,22,25)(H,26,27). The van der Waals surface area contributed by atoms with Crippen LogP contribution in [0.1, 0.15) is 21.5 Å². The fourth-order valence-electron chi connectivity index (χ4n) is 2.46. The van der Waals surface area contributed by atoms with E-state index < -0.39 is 0 Å². The molecule has 3 rings (SSSR count). The number of carbonyl (C=O) groups excluding carboxylic acids is 1. The molecule has 6 nitrogen and oxygen atoms in total. The molecule has 1 aromatic carbocycles. The molecule has 0 radical (unpaired) electrons. The van der Waals surface area contributed by atoms with Gasteiger partial charge in [-0.3, -0.25) is 9.78 Å². The Bertz CT molecular complexity index is 907. The van der Waals surface area contributed by atoms with Gasteiger partial charge in [-0.15, -0.1) is 0 Å². The van der Waals surface area contributed by atoms with Gasteiger partial charge in [-0.2, -0.15) is 0 Å². The molecule has 27 heavy (non-hydrogen) atoms. The third kappa shape index (κ3) is 5.49. The van der Waals surface area contributed by atoms with E-state index in [0.29, 0.717) is 17.1 Å². The predicted octanol–water partition coefficient (Wildman–Crippen LogP) is 3.11. The fraction of sp³-hybridized carbons (Fsp3) is 0.0952. The minimum Gasteiger partial charge on any atom is -0.382 e. The first-order valence-corrected chi connectivity index (χ1v) is 8.60. The van der Waals surface area contributed by atoms with Crippen LogP contribution in [0.2, 0.25) is 0 Å². The van der Waals surface area contributed by atoms with Gasteiger partial charge in [-0.05, 0) is 41.5 Å². The predicted molar refractivity (Wildman–Crippen MR) is 108 cm³/mol. The Morgan fingerprint density at radius 2 is 1.89 bits per heavy atom. The maximum atomic E-state index is 12.3. The number of carbonyl (C=O) groups is 1. The molecule has 0 aliphatic rings. The van der Waals surface area contributed by atoms with Crippen LogP contribution in [0, 0.1) is 0 Å². The van der Waals surface area contributed by atoms with Crippen LogP contribution in [-0.2, 0) is 6.54 Å². The van der Waals surface area contributed by atoms with E-state index in [1.54, 1.807) is 36.7 Å². The van der Waals surface area contributed by atoms with Crippen molar-refractivity contribution in [3.63, 3.8) is 0 Å². The van der Waals surface area contributed by atoms with Gasteiger partial charge < -0.3 is 16.4 Å². The molecular formula is C21H21N5O. The molecule has 1 amide bonds. The van der Waals surface area contributed by atoms with E-state index in [2.05, 4.69) is 20.6 Å². The van der Waals surface area contributed by atoms with E-state index in [4.69, 9.17) is 5.73 Å². The van der Waals surface area contributed by atoms with Gasteiger partial charge >= 0.3 is 0 Å². The van der Waals surface area contributed by atoms with Crippen molar-refractivity contribution in [3.05, 3.63) is 89.9 Å². The highest BCUT2D eigenvalue weighted by Crippen LogP contribution is 2.15. The molecule has 4 N–H and O–H groups in total. The second-order valence-electron chi connectivity index (χ2n) is 5.91. The van der Waals surface area contributed by atoms with Crippen molar-refractivity contribution in [1.82, 2.24) is 15.3 Å². The summed E-state index contributed by atoms with van der Waals surface area (Å²) in [7, 11) is 0. The lowest BCUT2D eigenvalue weighted by molar-refractivity contribution is 0.102. The van der Waals surface area contributed by atoms with Crippen molar-refractivity contribution >= 4 is 23.5 Å². The summed E-state index contributed by atoms with van der Waals surface area (Å²) in [5, 5.41) is 6.09. The number of nitrogens with one attached hydrogen (secondary N) is 2. The average molecular weight is 359 g/mol. The van der Waals surface area contributed by atoms with Crippen LogP contribution in [0.5, 0.6) is 0 Å². The van der Waals surface area contributed by atoms with E-state index in [0.717, 1.165) is 24.2 Å². The van der Waals surface area contributed by atoms with Crippen molar-refractivity contribution < 1.29 is 4.79 Å². The van der Waals surface area contributed by atoms with Crippen LogP contribution in [0.3, 0.4) is 0 Å². The summed E-state index contributed by atoms with van der Waals surface area (Å²) in [5.74, 6) is 0.0764. The Morgan fingerprint density at radius 3 is 2.63 bits per heavy atom. The molecule has 3 aromatic rings. The van der Waals surface area contributed by atoms with Crippen LogP contribution >= 0.6 is 0 Å². The second kappa shape index (κ2) is 9.26. The van der Waals surface area contributed by atoms with Crippen molar-refractivity contribution in [2.24, 2.45) is 0 Å². The van der Waals surface area contributed by atoms with Gasteiger partial charge in [-0.1, -0.05) is 30.4 Å². The molecule has 2 heterocycles. The van der Waals surface area contributed by atoms with Gasteiger partial charge in [0.25, 0.3) is 5.91 Å². The molecule has 0 saturated carbocycles. The van der Waals surface area contributed by atoms with Crippen LogP contribution in [0.15, 0.2) is 73.2 Å². The Labute approximate surface area is 158 Å². The molecule has 0 unspecified atom stereocenters. The van der Waals surface area contributed by atoms with Gasteiger partial charge in [0.15, 0.2) is 0 Å². The first-order chi connectivity index (χ1) is 13.2.